The molecule has 4 rings (SSSR count). The van der Waals surface area contributed by atoms with Gasteiger partial charge in [-0.2, -0.15) is 10.2 Å². The van der Waals surface area contributed by atoms with E-state index in [-0.39, 0.29) is 0 Å². The molecule has 0 N–H and O–H groups in total. The summed E-state index contributed by atoms with van der Waals surface area (Å²) in [5.74, 6) is 0. The van der Waals surface area contributed by atoms with E-state index < -0.39 is 0 Å². The molecule has 6 nitrogen and oxygen atoms in total. The molecule has 0 fully saturated rings. The van der Waals surface area contributed by atoms with Gasteiger partial charge in [0.1, 0.15) is 0 Å². The Kier molecular flexibility index (Phi) is 3.85. The number of aromatic nitrogens is 6. The first-order valence-electron chi connectivity index (χ1n) is 7.74. The van der Waals surface area contributed by atoms with Crippen LogP contribution in [0.2, 0.25) is 0 Å². The average molecular weight is 316 g/mol. The topological polar surface area (TPSA) is 61.4 Å². The van der Waals surface area contributed by atoms with Crippen LogP contribution >= 0.6 is 0 Å². The lowest BCUT2D eigenvalue weighted by Gasteiger charge is -2.07. The van der Waals surface area contributed by atoms with Crippen LogP contribution in [0.15, 0.2) is 73.3 Å². The molecule has 0 aliphatic heterocycles. The normalized spacial score (nSPS) is 10.8. The molecule has 0 bridgehead atoms. The monoisotopic (exact) mass is 316 g/mol. The Hall–Kier alpha value is -3.28. The fourth-order valence-electron chi connectivity index (χ4n) is 2.54. The SMILES string of the molecule is c1cc(Cn2cccn2)nc(-c2cccc(Cn3cccn3)n2)c1. The van der Waals surface area contributed by atoms with E-state index in [9.17, 15) is 0 Å². The Bertz CT molecular complexity index is 835. The zero-order valence-corrected chi connectivity index (χ0v) is 13.0. The van der Waals surface area contributed by atoms with Crippen molar-refractivity contribution >= 4 is 0 Å². The van der Waals surface area contributed by atoms with Gasteiger partial charge in [0.15, 0.2) is 0 Å². The van der Waals surface area contributed by atoms with Gasteiger partial charge in [0, 0.05) is 24.8 Å². The van der Waals surface area contributed by atoms with Gasteiger partial charge in [-0.3, -0.25) is 9.36 Å². The number of nitrogens with zero attached hydrogens (tertiary/aromatic N) is 6. The van der Waals surface area contributed by atoms with E-state index in [1.54, 1.807) is 12.4 Å². The van der Waals surface area contributed by atoms with Crippen LogP contribution in [0.1, 0.15) is 11.4 Å². The summed E-state index contributed by atoms with van der Waals surface area (Å²) < 4.78 is 3.71. The molecule has 0 saturated carbocycles. The highest BCUT2D eigenvalue weighted by atomic mass is 15.3. The molecule has 0 saturated heterocycles. The van der Waals surface area contributed by atoms with Crippen molar-refractivity contribution < 1.29 is 0 Å². The van der Waals surface area contributed by atoms with Gasteiger partial charge in [0.25, 0.3) is 0 Å². The van der Waals surface area contributed by atoms with Crippen LogP contribution in [0.3, 0.4) is 0 Å². The molecule has 0 aliphatic rings. The quantitative estimate of drug-likeness (QED) is 0.568. The number of pyridine rings is 2. The van der Waals surface area contributed by atoms with Crippen LogP contribution in [-0.2, 0) is 13.1 Å². The van der Waals surface area contributed by atoms with Crippen molar-refractivity contribution in [3.05, 3.63) is 84.7 Å². The van der Waals surface area contributed by atoms with Gasteiger partial charge >= 0.3 is 0 Å². The van der Waals surface area contributed by atoms with E-state index in [0.717, 1.165) is 22.8 Å². The zero-order chi connectivity index (χ0) is 16.2. The molecule has 4 aromatic heterocycles. The Morgan fingerprint density at radius 2 is 1.12 bits per heavy atom. The van der Waals surface area contributed by atoms with Crippen LogP contribution in [0, 0.1) is 0 Å². The highest BCUT2D eigenvalue weighted by molar-refractivity contribution is 5.54. The predicted molar refractivity (Wildman–Crippen MR) is 90.1 cm³/mol. The van der Waals surface area contributed by atoms with E-state index in [2.05, 4.69) is 10.2 Å². The fourth-order valence-corrected chi connectivity index (χ4v) is 2.54. The summed E-state index contributed by atoms with van der Waals surface area (Å²) in [5, 5.41) is 8.44. The smallest absolute Gasteiger partial charge is 0.0890 e. The number of hydrogen-bond acceptors (Lipinski definition) is 4. The Balaban J connectivity index is 1.59. The van der Waals surface area contributed by atoms with Gasteiger partial charge < -0.3 is 0 Å². The lowest BCUT2D eigenvalue weighted by molar-refractivity contribution is 0.671. The van der Waals surface area contributed by atoms with Crippen molar-refractivity contribution in [2.45, 2.75) is 13.1 Å². The van der Waals surface area contributed by atoms with Crippen LogP contribution in [0.4, 0.5) is 0 Å². The second-order valence-electron chi connectivity index (χ2n) is 5.44. The van der Waals surface area contributed by atoms with Crippen LogP contribution < -0.4 is 0 Å². The minimum Gasteiger partial charge on any atom is -0.267 e. The van der Waals surface area contributed by atoms with Gasteiger partial charge in [-0.05, 0) is 36.4 Å². The van der Waals surface area contributed by atoms with E-state index in [4.69, 9.17) is 9.97 Å². The lowest BCUT2D eigenvalue weighted by Crippen LogP contribution is -2.04. The van der Waals surface area contributed by atoms with Crippen molar-refractivity contribution in [2.75, 3.05) is 0 Å². The van der Waals surface area contributed by atoms with Crippen LogP contribution in [-0.4, -0.2) is 29.5 Å². The molecular weight excluding hydrogens is 300 g/mol. The van der Waals surface area contributed by atoms with Gasteiger partial charge in [-0.1, -0.05) is 12.1 Å². The number of hydrogen-bond donors (Lipinski definition) is 0. The molecule has 0 radical (unpaired) electrons. The van der Waals surface area contributed by atoms with Crippen molar-refractivity contribution in [1.82, 2.24) is 29.5 Å². The first kappa shape index (κ1) is 14.3. The Labute approximate surface area is 139 Å². The summed E-state index contributed by atoms with van der Waals surface area (Å²) in [7, 11) is 0. The molecule has 6 heteroatoms. The second-order valence-corrected chi connectivity index (χ2v) is 5.44. The van der Waals surface area contributed by atoms with Crippen LogP contribution in [0.25, 0.3) is 11.4 Å². The maximum atomic E-state index is 4.71. The molecule has 0 aliphatic carbocycles. The average Bonchev–Trinajstić information content (AvgIpc) is 3.30. The largest absolute Gasteiger partial charge is 0.267 e. The minimum atomic E-state index is 0.647. The predicted octanol–water partition coefficient (Wildman–Crippen LogP) is 2.63. The first-order valence-corrected chi connectivity index (χ1v) is 7.74. The van der Waals surface area contributed by atoms with E-state index in [1.807, 2.05) is 70.3 Å². The number of rotatable bonds is 5. The molecular formula is C18H16N6. The van der Waals surface area contributed by atoms with Crippen molar-refractivity contribution in [1.29, 1.82) is 0 Å². The summed E-state index contributed by atoms with van der Waals surface area (Å²) in [6, 6.07) is 15.8. The molecule has 24 heavy (non-hydrogen) atoms. The minimum absolute atomic E-state index is 0.647. The van der Waals surface area contributed by atoms with Gasteiger partial charge in [0.2, 0.25) is 0 Å². The zero-order valence-electron chi connectivity index (χ0n) is 13.0. The van der Waals surface area contributed by atoms with Crippen LogP contribution in [0.5, 0.6) is 0 Å². The van der Waals surface area contributed by atoms with Crippen molar-refractivity contribution in [3.63, 3.8) is 0 Å². The van der Waals surface area contributed by atoms with Gasteiger partial charge in [0.05, 0.1) is 35.9 Å². The molecule has 118 valence electrons. The van der Waals surface area contributed by atoms with Gasteiger partial charge in [-0.15, -0.1) is 0 Å². The Morgan fingerprint density at radius 3 is 1.54 bits per heavy atom. The molecule has 0 atom stereocenters. The molecule has 0 amide bonds. The molecule has 4 aromatic rings. The lowest BCUT2D eigenvalue weighted by atomic mass is 10.2. The summed E-state index contributed by atoms with van der Waals surface area (Å²) in [6.45, 7) is 1.29. The van der Waals surface area contributed by atoms with Gasteiger partial charge in [-0.25, -0.2) is 9.97 Å². The fraction of sp³-hybridized carbons (Fsp3) is 0.111. The van der Waals surface area contributed by atoms with Crippen molar-refractivity contribution in [2.24, 2.45) is 0 Å². The van der Waals surface area contributed by atoms with E-state index in [0.29, 0.717) is 13.1 Å². The highest BCUT2D eigenvalue weighted by Crippen LogP contribution is 2.16. The molecule has 4 heterocycles. The Morgan fingerprint density at radius 1 is 0.625 bits per heavy atom. The summed E-state index contributed by atoms with van der Waals surface area (Å²) in [4.78, 5) is 9.42. The summed E-state index contributed by atoms with van der Waals surface area (Å²) in [6.07, 6.45) is 7.39. The third kappa shape index (κ3) is 3.22. The van der Waals surface area contributed by atoms with E-state index >= 15 is 0 Å². The second kappa shape index (κ2) is 6.45. The summed E-state index contributed by atoms with van der Waals surface area (Å²) in [5.41, 5.74) is 3.63. The maximum absolute atomic E-state index is 4.71. The standard InChI is InChI=1S/C18H16N6/c1-5-15(13-23-11-3-9-19-23)21-17(7-1)18-8-2-6-16(22-18)14-24-12-4-10-20-24/h1-12H,13-14H2. The third-order valence-electron chi connectivity index (χ3n) is 3.64. The van der Waals surface area contributed by atoms with E-state index in [1.165, 1.54) is 0 Å². The first-order chi connectivity index (χ1) is 11.9. The van der Waals surface area contributed by atoms with Crippen molar-refractivity contribution in [3.8, 4) is 11.4 Å². The highest BCUT2D eigenvalue weighted by Gasteiger charge is 2.05. The third-order valence-corrected chi connectivity index (χ3v) is 3.64. The molecule has 0 unspecified atom stereocenters. The molecule has 0 spiro atoms. The molecule has 0 aromatic carbocycles. The maximum Gasteiger partial charge on any atom is 0.0890 e. The summed E-state index contributed by atoms with van der Waals surface area (Å²) >= 11 is 0.